The van der Waals surface area contributed by atoms with Crippen LogP contribution >= 0.6 is 0 Å². The summed E-state index contributed by atoms with van der Waals surface area (Å²) in [5.74, 6) is -0.841. The van der Waals surface area contributed by atoms with E-state index in [9.17, 15) is 14.4 Å². The van der Waals surface area contributed by atoms with Crippen LogP contribution in [0.1, 0.15) is 6.92 Å². The largest absolute Gasteiger partial charge is 0.493 e. The average Bonchev–Trinajstić information content (AvgIpc) is 3.51. The van der Waals surface area contributed by atoms with Gasteiger partial charge in [0.05, 0.1) is 45.8 Å². The summed E-state index contributed by atoms with van der Waals surface area (Å²) in [6, 6.07) is 10.3. The number of hydrogen-bond donors (Lipinski definition) is 2. The van der Waals surface area contributed by atoms with Crippen molar-refractivity contribution in [2.75, 3.05) is 43.4 Å². The zero-order chi connectivity index (χ0) is 25.6. The van der Waals surface area contributed by atoms with Crippen LogP contribution in [-0.4, -0.2) is 57.3 Å². The number of ether oxygens (including phenoxy) is 4. The molecule has 2 saturated heterocycles. The number of hydrogen-bond acceptors (Lipinski definition) is 7. The van der Waals surface area contributed by atoms with Crippen molar-refractivity contribution < 1.29 is 33.3 Å². The van der Waals surface area contributed by atoms with E-state index in [4.69, 9.17) is 18.9 Å². The number of nitrogens with zero attached hydrogens (tertiary/aromatic N) is 1. The quantitative estimate of drug-likeness (QED) is 0.570. The predicted octanol–water partition coefficient (Wildman–Crippen LogP) is 2.60. The molecule has 3 aliphatic rings. The highest BCUT2D eigenvalue weighted by molar-refractivity contribution is 6.05. The van der Waals surface area contributed by atoms with Crippen molar-refractivity contribution in [3.63, 3.8) is 0 Å². The number of benzene rings is 2. The number of fused-ring (bicyclic) bond motifs is 1. The second-order valence-electron chi connectivity index (χ2n) is 8.96. The van der Waals surface area contributed by atoms with Gasteiger partial charge in [0, 0.05) is 36.1 Å². The maximum absolute atomic E-state index is 13.6. The lowest BCUT2D eigenvalue weighted by molar-refractivity contribution is -0.128. The topological polar surface area (TPSA) is 115 Å². The van der Waals surface area contributed by atoms with E-state index in [1.807, 2.05) is 12.2 Å². The van der Waals surface area contributed by atoms with Crippen LogP contribution in [0.4, 0.5) is 17.1 Å². The highest BCUT2D eigenvalue weighted by atomic mass is 16.5. The lowest BCUT2D eigenvalue weighted by atomic mass is 9.77. The minimum atomic E-state index is -0.866. The van der Waals surface area contributed by atoms with Crippen molar-refractivity contribution in [3.05, 3.63) is 48.6 Å². The molecule has 188 valence electrons. The van der Waals surface area contributed by atoms with Gasteiger partial charge in [0.15, 0.2) is 11.5 Å². The molecule has 1 spiro atoms. The van der Waals surface area contributed by atoms with Gasteiger partial charge in [0.25, 0.3) is 0 Å². The Morgan fingerprint density at radius 3 is 2.25 bits per heavy atom. The van der Waals surface area contributed by atoms with Crippen molar-refractivity contribution in [1.29, 1.82) is 0 Å². The van der Waals surface area contributed by atoms with Gasteiger partial charge < -0.3 is 34.5 Å². The first-order chi connectivity index (χ1) is 17.3. The molecule has 3 heterocycles. The van der Waals surface area contributed by atoms with Gasteiger partial charge in [-0.05, 0) is 24.3 Å². The fraction of sp³-hybridized carbons (Fsp3) is 0.346. The maximum atomic E-state index is 13.6. The summed E-state index contributed by atoms with van der Waals surface area (Å²) in [6.45, 7) is 1.73. The first-order valence-electron chi connectivity index (χ1n) is 11.5. The molecule has 2 aromatic rings. The summed E-state index contributed by atoms with van der Waals surface area (Å²) in [4.78, 5) is 40.0. The maximum Gasteiger partial charge on any atom is 0.234 e. The Kier molecular flexibility index (Phi) is 5.83. The second-order valence-corrected chi connectivity index (χ2v) is 8.96. The SMILES string of the molecule is COc1cc(NC(=O)[C@@H]2[C@@H]3C=C[C@@]4(CN(c5ccc(NC(C)=O)cc5)C(=O)[C@@H]24)O3)cc(OC)c1OC. The van der Waals surface area contributed by atoms with E-state index >= 15 is 0 Å². The minimum Gasteiger partial charge on any atom is -0.493 e. The van der Waals surface area contributed by atoms with Gasteiger partial charge in [-0.2, -0.15) is 0 Å². The van der Waals surface area contributed by atoms with Crippen LogP contribution in [0, 0.1) is 11.8 Å². The third-order valence-electron chi connectivity index (χ3n) is 6.83. The normalized spacial score (nSPS) is 25.5. The molecule has 3 amide bonds. The van der Waals surface area contributed by atoms with Gasteiger partial charge in [-0.3, -0.25) is 14.4 Å². The van der Waals surface area contributed by atoms with E-state index in [-0.39, 0.29) is 17.7 Å². The van der Waals surface area contributed by atoms with E-state index in [2.05, 4.69) is 10.6 Å². The van der Waals surface area contributed by atoms with Crippen molar-refractivity contribution in [1.82, 2.24) is 0 Å². The molecule has 10 heteroatoms. The predicted molar refractivity (Wildman–Crippen MR) is 132 cm³/mol. The Hall–Kier alpha value is -4.05. The molecule has 5 rings (SSSR count). The molecule has 36 heavy (non-hydrogen) atoms. The van der Waals surface area contributed by atoms with Gasteiger partial charge in [-0.15, -0.1) is 0 Å². The van der Waals surface area contributed by atoms with Crippen molar-refractivity contribution in [2.45, 2.75) is 18.6 Å². The van der Waals surface area contributed by atoms with Gasteiger partial charge >= 0.3 is 0 Å². The lowest BCUT2D eigenvalue weighted by Gasteiger charge is -2.24. The molecule has 2 N–H and O–H groups in total. The number of amides is 3. The molecule has 3 aliphatic heterocycles. The highest BCUT2D eigenvalue weighted by Crippen LogP contribution is 2.53. The Morgan fingerprint density at radius 1 is 1.00 bits per heavy atom. The molecule has 0 aromatic heterocycles. The zero-order valence-corrected chi connectivity index (χ0v) is 20.4. The number of carbonyl (C=O) groups is 3. The summed E-state index contributed by atoms with van der Waals surface area (Å²) in [5, 5.41) is 5.61. The fourth-order valence-corrected chi connectivity index (χ4v) is 5.32. The number of carbonyl (C=O) groups excluding carboxylic acids is 3. The zero-order valence-electron chi connectivity index (χ0n) is 20.4. The molecule has 2 aromatic carbocycles. The summed E-state index contributed by atoms with van der Waals surface area (Å²) in [5.41, 5.74) is 0.888. The number of anilines is 3. The van der Waals surface area contributed by atoms with Crippen LogP contribution in [0.2, 0.25) is 0 Å². The molecule has 2 fully saturated rings. The van der Waals surface area contributed by atoms with Crippen molar-refractivity contribution in [3.8, 4) is 17.2 Å². The molecule has 0 aliphatic carbocycles. The van der Waals surface area contributed by atoms with Crippen LogP contribution in [0.15, 0.2) is 48.6 Å². The molecular formula is C26H27N3O7. The smallest absolute Gasteiger partial charge is 0.234 e. The Labute approximate surface area is 208 Å². The third-order valence-corrected chi connectivity index (χ3v) is 6.83. The second kappa shape index (κ2) is 8.87. The van der Waals surface area contributed by atoms with Gasteiger partial charge in [0.1, 0.15) is 5.60 Å². The summed E-state index contributed by atoms with van der Waals surface area (Å²) >= 11 is 0. The molecule has 0 saturated carbocycles. The number of rotatable bonds is 7. The molecule has 0 unspecified atom stereocenters. The summed E-state index contributed by atoms with van der Waals surface area (Å²) in [6.07, 6.45) is 3.26. The third kappa shape index (κ3) is 3.74. The Balaban J connectivity index is 1.39. The molecular weight excluding hydrogens is 466 g/mol. The summed E-state index contributed by atoms with van der Waals surface area (Å²) < 4.78 is 22.3. The van der Waals surface area contributed by atoms with E-state index in [1.54, 1.807) is 41.3 Å². The summed E-state index contributed by atoms with van der Waals surface area (Å²) in [7, 11) is 4.49. The van der Waals surface area contributed by atoms with E-state index in [0.29, 0.717) is 40.9 Å². The first-order valence-corrected chi connectivity index (χ1v) is 11.5. The van der Waals surface area contributed by atoms with Gasteiger partial charge in [-0.1, -0.05) is 12.2 Å². The minimum absolute atomic E-state index is 0.176. The van der Waals surface area contributed by atoms with E-state index in [1.165, 1.54) is 28.3 Å². The first kappa shape index (κ1) is 23.7. The average molecular weight is 494 g/mol. The van der Waals surface area contributed by atoms with Crippen LogP contribution < -0.4 is 29.7 Å². The van der Waals surface area contributed by atoms with Crippen molar-refractivity contribution in [2.24, 2.45) is 11.8 Å². The molecule has 4 atom stereocenters. The van der Waals surface area contributed by atoms with Gasteiger partial charge in [-0.25, -0.2) is 0 Å². The van der Waals surface area contributed by atoms with E-state index in [0.717, 1.165) is 0 Å². The number of methoxy groups -OCH3 is 3. The lowest BCUT2D eigenvalue weighted by Crippen LogP contribution is -2.41. The Morgan fingerprint density at radius 2 is 1.67 bits per heavy atom. The Bertz CT molecular complexity index is 1230. The molecule has 10 nitrogen and oxygen atoms in total. The van der Waals surface area contributed by atoms with Crippen LogP contribution in [0.3, 0.4) is 0 Å². The molecule has 2 bridgehead atoms. The van der Waals surface area contributed by atoms with Gasteiger partial charge in [0.2, 0.25) is 23.5 Å². The number of nitrogens with one attached hydrogen (secondary N) is 2. The van der Waals surface area contributed by atoms with Crippen LogP contribution in [-0.2, 0) is 19.1 Å². The standard InChI is InChI=1S/C26H27N3O7/c1-14(30)27-15-5-7-17(8-6-15)29-13-26-10-9-18(36-26)21(22(26)25(29)32)24(31)28-16-11-19(33-2)23(35-4)20(12-16)34-3/h5-12,18,21-22H,13H2,1-4H3,(H,27,30)(H,28,31)/t18-,21+,22+,26-/m0/s1. The highest BCUT2D eigenvalue weighted by Gasteiger charge is 2.67. The monoisotopic (exact) mass is 493 g/mol. The van der Waals surface area contributed by atoms with Crippen LogP contribution in [0.5, 0.6) is 17.2 Å². The molecule has 0 radical (unpaired) electrons. The van der Waals surface area contributed by atoms with E-state index < -0.39 is 23.5 Å². The van der Waals surface area contributed by atoms with Crippen LogP contribution in [0.25, 0.3) is 0 Å². The fourth-order valence-electron chi connectivity index (χ4n) is 5.32. The van der Waals surface area contributed by atoms with Crippen molar-refractivity contribution >= 4 is 34.8 Å².